The molecule has 27 heavy (non-hydrogen) atoms. The maximum atomic E-state index is 12.6. The van der Waals surface area contributed by atoms with Gasteiger partial charge in [-0.15, -0.1) is 0 Å². The first kappa shape index (κ1) is 21.0. The van der Waals surface area contributed by atoms with Crippen molar-refractivity contribution in [2.24, 2.45) is 5.41 Å². The lowest BCUT2D eigenvalue weighted by molar-refractivity contribution is -0.156. The molecule has 0 aliphatic rings. The third kappa shape index (κ3) is 5.11. The summed E-state index contributed by atoms with van der Waals surface area (Å²) in [5, 5.41) is 20.7. The molecule has 0 unspecified atom stereocenters. The highest BCUT2D eigenvalue weighted by molar-refractivity contribution is 5.75. The molecular formula is C19H21F3O5. The van der Waals surface area contributed by atoms with Gasteiger partial charge in [0.25, 0.3) is 0 Å². The number of carbonyl (C=O) groups excluding carboxylic acids is 1. The number of halogens is 3. The lowest BCUT2D eigenvalue weighted by Gasteiger charge is -2.19. The van der Waals surface area contributed by atoms with Crippen molar-refractivity contribution in [3.8, 4) is 0 Å². The van der Waals surface area contributed by atoms with Crippen LogP contribution in [0.25, 0.3) is 0 Å². The number of esters is 1. The highest BCUT2D eigenvalue weighted by Crippen LogP contribution is 2.33. The van der Waals surface area contributed by atoms with Crippen LogP contribution >= 0.6 is 0 Å². The van der Waals surface area contributed by atoms with Crippen LogP contribution in [0.5, 0.6) is 0 Å². The molecule has 0 amide bonds. The number of carbonyl (C=O) groups is 1. The Labute approximate surface area is 154 Å². The maximum Gasteiger partial charge on any atom is 0.416 e. The Hall–Kier alpha value is -2.32. The van der Waals surface area contributed by atoms with Gasteiger partial charge in [-0.2, -0.15) is 13.2 Å². The molecule has 0 aliphatic carbocycles. The zero-order valence-electron chi connectivity index (χ0n) is 15.1. The molecule has 2 N–H and O–H groups in total. The Morgan fingerprint density at radius 2 is 1.70 bits per heavy atom. The number of hydrogen-bond donors (Lipinski definition) is 2. The number of rotatable bonds is 5. The number of furan rings is 1. The van der Waals surface area contributed by atoms with Gasteiger partial charge < -0.3 is 19.4 Å². The van der Waals surface area contributed by atoms with Gasteiger partial charge in [0, 0.05) is 5.56 Å². The molecule has 5 nitrogen and oxygen atoms in total. The number of aliphatic hydroxyl groups excluding tert-OH is 2. The first-order chi connectivity index (χ1) is 12.4. The molecule has 0 saturated carbocycles. The predicted molar refractivity (Wildman–Crippen MR) is 89.6 cm³/mol. The number of alkyl halides is 3. The van der Waals surface area contributed by atoms with Gasteiger partial charge in [0.05, 0.1) is 17.2 Å². The van der Waals surface area contributed by atoms with Gasteiger partial charge in [-0.3, -0.25) is 4.79 Å². The van der Waals surface area contributed by atoms with Crippen molar-refractivity contribution in [2.45, 2.75) is 39.2 Å². The lowest BCUT2D eigenvalue weighted by Crippen LogP contribution is -2.25. The Bertz CT molecular complexity index is 772. The summed E-state index contributed by atoms with van der Waals surface area (Å²) in [5.74, 6) is -0.540. The van der Waals surface area contributed by atoms with E-state index in [9.17, 15) is 28.2 Å². The first-order valence-corrected chi connectivity index (χ1v) is 8.19. The molecule has 1 aromatic carbocycles. The summed E-state index contributed by atoms with van der Waals surface area (Å²) in [5.41, 5.74) is -1.20. The molecule has 2 aromatic rings. The van der Waals surface area contributed by atoms with Crippen LogP contribution in [-0.4, -0.2) is 22.8 Å². The van der Waals surface area contributed by atoms with Crippen LogP contribution < -0.4 is 0 Å². The molecule has 0 radical (unpaired) electrons. The normalized spacial score (nSPS) is 14.7. The molecule has 0 fully saturated rings. The average Bonchev–Trinajstić information content (AvgIpc) is 3.07. The fraction of sp³-hybridized carbons (Fsp3) is 0.421. The fourth-order valence-corrected chi connectivity index (χ4v) is 2.31. The smallest absolute Gasteiger partial charge is 0.416 e. The van der Waals surface area contributed by atoms with Crippen LogP contribution in [0.1, 0.15) is 55.4 Å². The van der Waals surface area contributed by atoms with Crippen molar-refractivity contribution in [2.75, 3.05) is 6.61 Å². The Balaban J connectivity index is 2.14. The maximum absolute atomic E-state index is 12.6. The van der Waals surface area contributed by atoms with Crippen molar-refractivity contribution in [3.05, 3.63) is 59.0 Å². The van der Waals surface area contributed by atoms with Crippen molar-refractivity contribution >= 4 is 5.97 Å². The molecule has 0 aliphatic heterocycles. The molecule has 1 heterocycles. The topological polar surface area (TPSA) is 79.9 Å². The zero-order chi connectivity index (χ0) is 20.4. The minimum atomic E-state index is -4.47. The second-order valence-corrected chi connectivity index (χ2v) is 7.13. The van der Waals surface area contributed by atoms with Gasteiger partial charge in [0.1, 0.15) is 24.6 Å². The van der Waals surface area contributed by atoms with Crippen molar-refractivity contribution in [1.29, 1.82) is 0 Å². The van der Waals surface area contributed by atoms with E-state index < -0.39 is 35.3 Å². The third-order valence-corrected chi connectivity index (χ3v) is 3.86. The molecule has 148 valence electrons. The average molecular weight is 386 g/mol. The Morgan fingerprint density at radius 3 is 2.22 bits per heavy atom. The van der Waals surface area contributed by atoms with E-state index in [2.05, 4.69) is 0 Å². The first-order valence-electron chi connectivity index (χ1n) is 8.19. The molecule has 0 bridgehead atoms. The van der Waals surface area contributed by atoms with E-state index in [1.54, 1.807) is 20.8 Å². The van der Waals surface area contributed by atoms with Crippen LogP contribution in [0, 0.1) is 5.41 Å². The van der Waals surface area contributed by atoms with E-state index in [-0.39, 0.29) is 23.5 Å². The highest BCUT2D eigenvalue weighted by Gasteiger charge is 2.31. The summed E-state index contributed by atoms with van der Waals surface area (Å²) < 4.78 is 48.2. The molecule has 2 atom stereocenters. The second kappa shape index (κ2) is 7.74. The van der Waals surface area contributed by atoms with Crippen molar-refractivity contribution < 1.29 is 37.3 Å². The zero-order valence-corrected chi connectivity index (χ0v) is 15.1. The third-order valence-electron chi connectivity index (χ3n) is 3.86. The van der Waals surface area contributed by atoms with E-state index >= 15 is 0 Å². The van der Waals surface area contributed by atoms with Crippen molar-refractivity contribution in [3.63, 3.8) is 0 Å². The molecule has 2 rings (SSSR count). The standard InChI is InChI=1S/C19H21F3O5/c1-18(2,3)17(25)27-10-14(23)16-13(8-9-26-16)15(24)11-4-6-12(7-5-11)19(20,21)22/h4-9,14-15,23-24H,10H2,1-3H3/t14-,15-/m1/s1. The summed E-state index contributed by atoms with van der Waals surface area (Å²) >= 11 is 0. The van der Waals surface area contributed by atoms with Crippen molar-refractivity contribution in [1.82, 2.24) is 0 Å². The molecule has 8 heteroatoms. The number of benzene rings is 1. The SMILES string of the molecule is CC(C)(C)C(=O)OC[C@@H](O)c1occc1[C@H](O)c1ccc(C(F)(F)F)cc1. The van der Waals surface area contributed by atoms with Gasteiger partial charge in [-0.05, 0) is 44.5 Å². The fourth-order valence-electron chi connectivity index (χ4n) is 2.31. The number of ether oxygens (including phenoxy) is 1. The molecule has 1 aromatic heterocycles. The van der Waals surface area contributed by atoms with E-state index in [0.29, 0.717) is 0 Å². The van der Waals surface area contributed by atoms with Crippen LogP contribution in [0.4, 0.5) is 13.2 Å². The molecule has 0 spiro atoms. The van der Waals surface area contributed by atoms with Gasteiger partial charge in [-0.25, -0.2) is 0 Å². The van der Waals surface area contributed by atoms with Gasteiger partial charge in [-0.1, -0.05) is 12.1 Å². The monoisotopic (exact) mass is 386 g/mol. The summed E-state index contributed by atoms with van der Waals surface area (Å²) in [4.78, 5) is 11.8. The second-order valence-electron chi connectivity index (χ2n) is 7.13. The van der Waals surface area contributed by atoms with E-state index in [1.165, 1.54) is 12.3 Å². The summed E-state index contributed by atoms with van der Waals surface area (Å²) in [7, 11) is 0. The largest absolute Gasteiger partial charge is 0.466 e. The highest BCUT2D eigenvalue weighted by atomic mass is 19.4. The van der Waals surface area contributed by atoms with Crippen LogP contribution in [-0.2, 0) is 15.7 Å². The van der Waals surface area contributed by atoms with Crippen LogP contribution in [0.2, 0.25) is 0 Å². The quantitative estimate of drug-likeness (QED) is 0.760. The minimum absolute atomic E-state index is 0.0240. The Kier molecular flexibility index (Phi) is 6.01. The summed E-state index contributed by atoms with van der Waals surface area (Å²) in [6.45, 7) is 4.60. The van der Waals surface area contributed by atoms with Crippen LogP contribution in [0.3, 0.4) is 0 Å². The van der Waals surface area contributed by atoms with Gasteiger partial charge in [0.2, 0.25) is 0 Å². The Morgan fingerprint density at radius 1 is 1.11 bits per heavy atom. The van der Waals surface area contributed by atoms with E-state index in [0.717, 1.165) is 24.3 Å². The van der Waals surface area contributed by atoms with Crippen LogP contribution in [0.15, 0.2) is 41.0 Å². The van der Waals surface area contributed by atoms with Gasteiger partial charge >= 0.3 is 12.1 Å². The van der Waals surface area contributed by atoms with E-state index in [4.69, 9.17) is 9.15 Å². The van der Waals surface area contributed by atoms with Gasteiger partial charge in [0.15, 0.2) is 0 Å². The predicted octanol–water partition coefficient (Wildman–Crippen LogP) is 4.00. The minimum Gasteiger partial charge on any atom is -0.466 e. The summed E-state index contributed by atoms with van der Waals surface area (Å²) in [6, 6.07) is 5.42. The van der Waals surface area contributed by atoms with E-state index in [1.807, 2.05) is 0 Å². The lowest BCUT2D eigenvalue weighted by atomic mass is 9.97. The molecule has 0 saturated heterocycles. The number of aliphatic hydroxyl groups is 2. The number of hydrogen-bond acceptors (Lipinski definition) is 5. The summed E-state index contributed by atoms with van der Waals surface area (Å²) in [6.07, 6.45) is -5.89. The molecular weight excluding hydrogens is 365 g/mol.